The molecule has 4 rings (SSSR count). The Labute approximate surface area is 203 Å². The third-order valence-electron chi connectivity index (χ3n) is 7.38. The SMILES string of the molecule is CC(C)C(=O)c1ccc2c(c1)CCN(CCC1CCC(NC(=O)/C=C/c3c[nH]cn3)CC1)CC2. The van der Waals surface area contributed by atoms with Gasteiger partial charge in [0.05, 0.1) is 12.0 Å². The normalized spacial score (nSPS) is 21.4. The molecule has 0 unspecified atom stereocenters. The zero-order chi connectivity index (χ0) is 23.9. The summed E-state index contributed by atoms with van der Waals surface area (Å²) in [6.07, 6.45) is 14.5. The number of nitrogens with zero attached hydrogens (tertiary/aromatic N) is 2. The number of imidazole rings is 1. The van der Waals surface area contributed by atoms with Crippen LogP contribution in [0.3, 0.4) is 0 Å². The van der Waals surface area contributed by atoms with Gasteiger partial charge in [-0.2, -0.15) is 0 Å². The molecule has 2 heterocycles. The molecule has 34 heavy (non-hydrogen) atoms. The number of fused-ring (bicyclic) bond motifs is 1. The van der Waals surface area contributed by atoms with Crippen LogP contribution < -0.4 is 5.32 Å². The van der Waals surface area contributed by atoms with Crippen molar-refractivity contribution in [1.29, 1.82) is 0 Å². The van der Waals surface area contributed by atoms with Crippen molar-refractivity contribution >= 4 is 17.8 Å². The minimum atomic E-state index is -0.0335. The number of hydrogen-bond donors (Lipinski definition) is 2. The van der Waals surface area contributed by atoms with E-state index < -0.39 is 0 Å². The number of carbonyl (C=O) groups excluding carboxylic acids is 2. The molecule has 1 fully saturated rings. The first-order valence-corrected chi connectivity index (χ1v) is 12.8. The molecule has 1 aromatic heterocycles. The zero-order valence-electron chi connectivity index (χ0n) is 20.6. The topological polar surface area (TPSA) is 78.1 Å². The lowest BCUT2D eigenvalue weighted by atomic mass is 9.84. The number of aromatic amines is 1. The summed E-state index contributed by atoms with van der Waals surface area (Å²) < 4.78 is 0. The van der Waals surface area contributed by atoms with Crippen molar-refractivity contribution in [1.82, 2.24) is 20.2 Å². The molecule has 0 bridgehead atoms. The Morgan fingerprint density at radius 2 is 1.91 bits per heavy atom. The summed E-state index contributed by atoms with van der Waals surface area (Å²) in [5, 5.41) is 3.15. The molecule has 1 aliphatic heterocycles. The fraction of sp³-hybridized carbons (Fsp3) is 0.536. The summed E-state index contributed by atoms with van der Waals surface area (Å²) in [5.74, 6) is 0.994. The summed E-state index contributed by atoms with van der Waals surface area (Å²) in [7, 11) is 0. The van der Waals surface area contributed by atoms with Gasteiger partial charge in [0.25, 0.3) is 0 Å². The second-order valence-electron chi connectivity index (χ2n) is 10.2. The highest BCUT2D eigenvalue weighted by Gasteiger charge is 2.23. The van der Waals surface area contributed by atoms with Gasteiger partial charge in [0, 0.05) is 42.9 Å². The molecule has 2 N–H and O–H groups in total. The van der Waals surface area contributed by atoms with Crippen LogP contribution in [0.25, 0.3) is 6.08 Å². The standard InChI is InChI=1S/C28H38N4O2/c1-20(2)28(34)24-6-5-22-12-15-32(16-13-23(22)17-24)14-11-21-3-7-25(8-4-21)31-27(33)10-9-26-18-29-19-30-26/h5-6,9-10,17-21,25H,3-4,7-8,11-16H2,1-2H3,(H,29,30)(H,31,33)/b10-9+. The molecule has 0 spiro atoms. The van der Waals surface area contributed by atoms with E-state index >= 15 is 0 Å². The molecule has 1 aromatic carbocycles. The van der Waals surface area contributed by atoms with E-state index in [1.807, 2.05) is 19.9 Å². The number of ketones is 1. The number of amides is 1. The first kappa shape index (κ1) is 24.4. The van der Waals surface area contributed by atoms with Crippen molar-refractivity contribution in [3.05, 3.63) is 59.2 Å². The molecule has 0 atom stereocenters. The van der Waals surface area contributed by atoms with Crippen LogP contribution in [-0.2, 0) is 17.6 Å². The van der Waals surface area contributed by atoms with Crippen molar-refractivity contribution in [3.63, 3.8) is 0 Å². The molecular formula is C28H38N4O2. The number of H-pyrrole nitrogens is 1. The van der Waals surface area contributed by atoms with E-state index in [0.717, 1.165) is 62.5 Å². The van der Waals surface area contributed by atoms with Gasteiger partial charge in [-0.25, -0.2) is 4.98 Å². The summed E-state index contributed by atoms with van der Waals surface area (Å²) >= 11 is 0. The molecule has 2 aliphatic rings. The third-order valence-corrected chi connectivity index (χ3v) is 7.38. The van der Waals surface area contributed by atoms with Crippen molar-refractivity contribution in [2.45, 2.75) is 64.8 Å². The summed E-state index contributed by atoms with van der Waals surface area (Å²) in [6.45, 7) is 7.24. The van der Waals surface area contributed by atoms with E-state index in [1.165, 1.54) is 30.4 Å². The molecule has 0 saturated heterocycles. The second kappa shape index (κ2) is 11.6. The predicted molar refractivity (Wildman–Crippen MR) is 136 cm³/mol. The van der Waals surface area contributed by atoms with Gasteiger partial charge in [0.2, 0.25) is 5.91 Å². The van der Waals surface area contributed by atoms with Gasteiger partial charge in [0.1, 0.15) is 0 Å². The van der Waals surface area contributed by atoms with Gasteiger partial charge < -0.3 is 15.2 Å². The predicted octanol–water partition coefficient (Wildman–Crippen LogP) is 4.43. The van der Waals surface area contributed by atoms with Crippen molar-refractivity contribution in [2.24, 2.45) is 11.8 Å². The van der Waals surface area contributed by atoms with Crippen molar-refractivity contribution in [3.8, 4) is 0 Å². The number of hydrogen-bond acceptors (Lipinski definition) is 4. The van der Waals surface area contributed by atoms with Gasteiger partial charge >= 0.3 is 0 Å². The average molecular weight is 463 g/mol. The quantitative estimate of drug-likeness (QED) is 0.449. The number of nitrogens with one attached hydrogen (secondary N) is 2. The van der Waals surface area contributed by atoms with E-state index in [4.69, 9.17) is 0 Å². The third kappa shape index (κ3) is 6.66. The summed E-state index contributed by atoms with van der Waals surface area (Å²) in [4.78, 5) is 34.1. The minimum Gasteiger partial charge on any atom is -0.351 e. The van der Waals surface area contributed by atoms with Crippen LogP contribution in [0, 0.1) is 11.8 Å². The molecule has 1 amide bonds. The highest BCUT2D eigenvalue weighted by Crippen LogP contribution is 2.28. The van der Waals surface area contributed by atoms with E-state index in [9.17, 15) is 9.59 Å². The lowest BCUT2D eigenvalue weighted by Gasteiger charge is -2.30. The Balaban J connectivity index is 1.18. The van der Waals surface area contributed by atoms with Crippen LogP contribution in [0.5, 0.6) is 0 Å². The maximum Gasteiger partial charge on any atom is 0.244 e. The lowest BCUT2D eigenvalue weighted by molar-refractivity contribution is -0.117. The number of aromatic nitrogens is 2. The Hall–Kier alpha value is -2.73. The smallest absolute Gasteiger partial charge is 0.244 e. The Morgan fingerprint density at radius 3 is 2.62 bits per heavy atom. The van der Waals surface area contributed by atoms with Crippen LogP contribution >= 0.6 is 0 Å². The fourth-order valence-electron chi connectivity index (χ4n) is 5.22. The summed E-state index contributed by atoms with van der Waals surface area (Å²) in [6, 6.07) is 6.61. The second-order valence-corrected chi connectivity index (χ2v) is 10.2. The molecule has 0 radical (unpaired) electrons. The Bertz CT molecular complexity index is 988. The maximum atomic E-state index is 12.4. The number of benzene rings is 1. The number of rotatable bonds is 8. The highest BCUT2D eigenvalue weighted by molar-refractivity contribution is 5.97. The van der Waals surface area contributed by atoms with Gasteiger partial charge in [-0.3, -0.25) is 9.59 Å². The van der Waals surface area contributed by atoms with Gasteiger partial charge in [-0.05, 0) is 80.7 Å². The van der Waals surface area contributed by atoms with E-state index in [2.05, 4.69) is 32.3 Å². The molecule has 1 aliphatic carbocycles. The van der Waals surface area contributed by atoms with Crippen molar-refractivity contribution in [2.75, 3.05) is 19.6 Å². The first-order chi connectivity index (χ1) is 16.5. The molecule has 182 valence electrons. The van der Waals surface area contributed by atoms with Crippen molar-refractivity contribution < 1.29 is 9.59 Å². The molecule has 6 nitrogen and oxygen atoms in total. The maximum absolute atomic E-state index is 12.4. The molecule has 6 heteroatoms. The van der Waals surface area contributed by atoms with Crippen LogP contribution in [0.1, 0.15) is 73.1 Å². The van der Waals surface area contributed by atoms with E-state index in [1.54, 1.807) is 24.7 Å². The largest absolute Gasteiger partial charge is 0.351 e. The lowest BCUT2D eigenvalue weighted by Crippen LogP contribution is -2.37. The van der Waals surface area contributed by atoms with E-state index in [-0.39, 0.29) is 23.7 Å². The number of Topliss-reactive ketones (excluding diaryl/α,β-unsaturated/α-hetero) is 1. The van der Waals surface area contributed by atoms with Gasteiger partial charge in [-0.15, -0.1) is 0 Å². The minimum absolute atomic E-state index is 0.0335. The van der Waals surface area contributed by atoms with Gasteiger partial charge in [0.15, 0.2) is 5.78 Å². The Kier molecular flexibility index (Phi) is 8.33. The van der Waals surface area contributed by atoms with Gasteiger partial charge in [-0.1, -0.05) is 26.0 Å². The van der Waals surface area contributed by atoms with Crippen LogP contribution in [-0.4, -0.2) is 52.2 Å². The molecule has 2 aromatic rings. The molecular weight excluding hydrogens is 424 g/mol. The zero-order valence-corrected chi connectivity index (χ0v) is 20.6. The highest BCUT2D eigenvalue weighted by atomic mass is 16.1. The van der Waals surface area contributed by atoms with Crippen LogP contribution in [0.15, 0.2) is 36.8 Å². The average Bonchev–Trinajstić information content (AvgIpc) is 3.28. The number of carbonyl (C=O) groups is 2. The fourth-order valence-corrected chi connectivity index (χ4v) is 5.22. The molecule has 1 saturated carbocycles. The van der Waals surface area contributed by atoms with E-state index in [0.29, 0.717) is 0 Å². The monoisotopic (exact) mass is 462 g/mol. The Morgan fingerprint density at radius 1 is 1.15 bits per heavy atom. The summed E-state index contributed by atoms with van der Waals surface area (Å²) in [5.41, 5.74) is 4.38. The van der Waals surface area contributed by atoms with Crippen LogP contribution in [0.4, 0.5) is 0 Å². The first-order valence-electron chi connectivity index (χ1n) is 12.8. The van der Waals surface area contributed by atoms with Crippen LogP contribution in [0.2, 0.25) is 0 Å².